The van der Waals surface area contributed by atoms with Crippen molar-refractivity contribution in [1.82, 2.24) is 15.1 Å². The van der Waals surface area contributed by atoms with Crippen LogP contribution in [0.15, 0.2) is 12.4 Å². The lowest BCUT2D eigenvalue weighted by Gasteiger charge is -2.29. The van der Waals surface area contributed by atoms with Gasteiger partial charge in [0.2, 0.25) is 0 Å². The molecule has 0 saturated heterocycles. The Balaban J connectivity index is 2.03. The van der Waals surface area contributed by atoms with Crippen molar-refractivity contribution >= 4 is 17.7 Å². The minimum Gasteiger partial charge on any atom is -0.480 e. The molecule has 1 aliphatic carbocycles. The van der Waals surface area contributed by atoms with Gasteiger partial charge in [0.05, 0.1) is 11.9 Å². The SMILES string of the molecule is Cn1cc(NC(=O)NC2(C(=O)O)CCCCCC2)cn1. The number of nitrogens with one attached hydrogen (secondary N) is 2. The van der Waals surface area contributed by atoms with Gasteiger partial charge in [0.1, 0.15) is 5.54 Å². The number of carboxylic acids is 1. The molecule has 0 radical (unpaired) electrons. The van der Waals surface area contributed by atoms with Crippen molar-refractivity contribution in [3.63, 3.8) is 0 Å². The van der Waals surface area contributed by atoms with Gasteiger partial charge in [-0.2, -0.15) is 5.10 Å². The number of carboxylic acid groups (broad SMARTS) is 1. The third-order valence-corrected chi connectivity index (χ3v) is 3.68. The number of hydrogen-bond donors (Lipinski definition) is 3. The van der Waals surface area contributed by atoms with Crippen LogP contribution in [0.4, 0.5) is 10.5 Å². The Morgan fingerprint density at radius 3 is 2.45 bits per heavy atom. The number of rotatable bonds is 3. The summed E-state index contributed by atoms with van der Waals surface area (Å²) in [5, 5.41) is 18.7. The summed E-state index contributed by atoms with van der Waals surface area (Å²) in [4.78, 5) is 23.6. The van der Waals surface area contributed by atoms with E-state index in [1.807, 2.05) is 0 Å². The van der Waals surface area contributed by atoms with Crippen molar-refractivity contribution in [2.45, 2.75) is 44.1 Å². The molecule has 20 heavy (non-hydrogen) atoms. The van der Waals surface area contributed by atoms with E-state index >= 15 is 0 Å². The molecule has 3 N–H and O–H groups in total. The highest BCUT2D eigenvalue weighted by atomic mass is 16.4. The van der Waals surface area contributed by atoms with Crippen LogP contribution in [0.1, 0.15) is 38.5 Å². The van der Waals surface area contributed by atoms with Crippen molar-refractivity contribution < 1.29 is 14.7 Å². The number of aliphatic carboxylic acids is 1. The number of amides is 2. The molecule has 2 amide bonds. The zero-order valence-corrected chi connectivity index (χ0v) is 11.6. The van der Waals surface area contributed by atoms with E-state index in [4.69, 9.17) is 0 Å². The summed E-state index contributed by atoms with van der Waals surface area (Å²) in [5.41, 5.74) is -0.609. The quantitative estimate of drug-likeness (QED) is 0.734. The van der Waals surface area contributed by atoms with E-state index in [0.717, 1.165) is 25.7 Å². The van der Waals surface area contributed by atoms with Crippen molar-refractivity contribution in [3.05, 3.63) is 12.4 Å². The third-order valence-electron chi connectivity index (χ3n) is 3.68. The minimum atomic E-state index is -1.15. The number of hydrogen-bond acceptors (Lipinski definition) is 3. The first-order valence-corrected chi connectivity index (χ1v) is 6.83. The van der Waals surface area contributed by atoms with Gasteiger partial charge in [-0.1, -0.05) is 25.7 Å². The molecule has 0 atom stereocenters. The van der Waals surface area contributed by atoms with Gasteiger partial charge in [-0.25, -0.2) is 9.59 Å². The van der Waals surface area contributed by atoms with E-state index in [9.17, 15) is 14.7 Å². The van der Waals surface area contributed by atoms with Crippen LogP contribution < -0.4 is 10.6 Å². The van der Waals surface area contributed by atoms with Gasteiger partial charge in [-0.15, -0.1) is 0 Å². The number of carbonyl (C=O) groups is 2. The first kappa shape index (κ1) is 14.4. The average molecular weight is 280 g/mol. The molecule has 0 spiro atoms. The predicted octanol–water partition coefficient (Wildman–Crippen LogP) is 1.72. The van der Waals surface area contributed by atoms with E-state index in [-0.39, 0.29) is 0 Å². The smallest absolute Gasteiger partial charge is 0.329 e. The standard InChI is InChI=1S/C13H20N4O3/c1-17-9-10(8-14-17)15-12(20)16-13(11(18)19)6-4-2-3-5-7-13/h8-9H,2-7H2,1H3,(H,18,19)(H2,15,16,20). The van der Waals surface area contributed by atoms with E-state index < -0.39 is 17.5 Å². The molecule has 0 unspecified atom stereocenters. The Morgan fingerprint density at radius 1 is 1.30 bits per heavy atom. The van der Waals surface area contributed by atoms with Crippen LogP contribution >= 0.6 is 0 Å². The zero-order valence-electron chi connectivity index (χ0n) is 11.6. The topological polar surface area (TPSA) is 96.2 Å². The van der Waals surface area contributed by atoms with Crippen LogP contribution in [0.5, 0.6) is 0 Å². The predicted molar refractivity (Wildman–Crippen MR) is 73.4 cm³/mol. The number of anilines is 1. The van der Waals surface area contributed by atoms with Crippen LogP contribution in [0.2, 0.25) is 0 Å². The maximum absolute atomic E-state index is 12.0. The molecule has 2 rings (SSSR count). The van der Waals surface area contributed by atoms with Crippen LogP contribution in [0.25, 0.3) is 0 Å². The Labute approximate surface area is 117 Å². The molecule has 0 aromatic carbocycles. The van der Waals surface area contributed by atoms with E-state index in [0.29, 0.717) is 18.5 Å². The molecule has 7 nitrogen and oxygen atoms in total. The highest BCUT2D eigenvalue weighted by Gasteiger charge is 2.40. The maximum Gasteiger partial charge on any atom is 0.329 e. The van der Waals surface area contributed by atoms with Gasteiger partial charge in [0.25, 0.3) is 0 Å². The monoisotopic (exact) mass is 280 g/mol. The molecule has 1 aliphatic rings. The number of carbonyl (C=O) groups excluding carboxylic acids is 1. The third kappa shape index (κ3) is 3.28. The lowest BCUT2D eigenvalue weighted by atomic mass is 9.90. The Hall–Kier alpha value is -2.05. The van der Waals surface area contributed by atoms with Crippen LogP contribution in [-0.2, 0) is 11.8 Å². The van der Waals surface area contributed by atoms with Crippen LogP contribution in [0, 0.1) is 0 Å². The van der Waals surface area contributed by atoms with Crippen molar-refractivity contribution in [3.8, 4) is 0 Å². The fraction of sp³-hybridized carbons (Fsp3) is 0.615. The number of nitrogens with zero attached hydrogens (tertiary/aromatic N) is 2. The molecule has 0 aliphatic heterocycles. The summed E-state index contributed by atoms with van der Waals surface area (Å²) < 4.78 is 1.56. The average Bonchev–Trinajstić information content (AvgIpc) is 2.64. The highest BCUT2D eigenvalue weighted by Crippen LogP contribution is 2.27. The molecule has 1 fully saturated rings. The zero-order chi connectivity index (χ0) is 14.6. The van der Waals surface area contributed by atoms with Gasteiger partial charge in [0.15, 0.2) is 0 Å². The van der Waals surface area contributed by atoms with E-state index in [1.54, 1.807) is 17.9 Å². The lowest BCUT2D eigenvalue weighted by Crippen LogP contribution is -2.55. The minimum absolute atomic E-state index is 0.475. The lowest BCUT2D eigenvalue weighted by molar-refractivity contribution is -0.145. The van der Waals surface area contributed by atoms with Crippen molar-refractivity contribution in [1.29, 1.82) is 0 Å². The van der Waals surface area contributed by atoms with Crippen molar-refractivity contribution in [2.24, 2.45) is 7.05 Å². The molecule has 1 aromatic rings. The van der Waals surface area contributed by atoms with E-state index in [1.165, 1.54) is 6.20 Å². The largest absolute Gasteiger partial charge is 0.480 e. The Bertz CT molecular complexity index is 490. The Morgan fingerprint density at radius 2 is 1.95 bits per heavy atom. The fourth-order valence-corrected chi connectivity index (χ4v) is 2.59. The molecule has 7 heteroatoms. The molecule has 1 aromatic heterocycles. The molecule has 0 bridgehead atoms. The highest BCUT2D eigenvalue weighted by molar-refractivity contribution is 5.93. The normalized spacial score (nSPS) is 18.1. The van der Waals surface area contributed by atoms with Gasteiger partial charge >= 0.3 is 12.0 Å². The van der Waals surface area contributed by atoms with Crippen LogP contribution in [-0.4, -0.2) is 32.4 Å². The van der Waals surface area contributed by atoms with E-state index in [2.05, 4.69) is 15.7 Å². The Kier molecular flexibility index (Phi) is 4.26. The summed E-state index contributed by atoms with van der Waals surface area (Å²) in [5.74, 6) is -0.958. The fourth-order valence-electron chi connectivity index (χ4n) is 2.59. The second-order valence-electron chi connectivity index (χ2n) is 5.28. The molecular formula is C13H20N4O3. The summed E-state index contributed by atoms with van der Waals surface area (Å²) >= 11 is 0. The van der Waals surface area contributed by atoms with Gasteiger partial charge < -0.3 is 15.7 Å². The summed E-state index contributed by atoms with van der Waals surface area (Å²) in [6, 6.07) is -0.498. The van der Waals surface area contributed by atoms with Gasteiger partial charge in [-0.05, 0) is 12.8 Å². The first-order chi connectivity index (χ1) is 9.52. The summed E-state index contributed by atoms with van der Waals surface area (Å²) in [6.45, 7) is 0. The second kappa shape index (κ2) is 5.94. The number of aryl methyl sites for hydroxylation is 1. The number of aromatic nitrogens is 2. The van der Waals surface area contributed by atoms with Gasteiger partial charge in [-0.3, -0.25) is 4.68 Å². The second-order valence-corrected chi connectivity index (χ2v) is 5.28. The molecule has 1 heterocycles. The summed E-state index contributed by atoms with van der Waals surface area (Å²) in [7, 11) is 1.74. The molecule has 1 saturated carbocycles. The maximum atomic E-state index is 12.0. The number of urea groups is 1. The molecular weight excluding hydrogens is 260 g/mol. The summed E-state index contributed by atoms with van der Waals surface area (Å²) in [6.07, 6.45) is 7.78. The first-order valence-electron chi connectivity index (χ1n) is 6.83. The van der Waals surface area contributed by atoms with Crippen molar-refractivity contribution in [2.75, 3.05) is 5.32 Å². The molecule has 110 valence electrons. The van der Waals surface area contributed by atoms with Gasteiger partial charge in [0, 0.05) is 13.2 Å². The van der Waals surface area contributed by atoms with Crippen LogP contribution in [0.3, 0.4) is 0 Å².